The van der Waals surface area contributed by atoms with Crippen LogP contribution >= 0.6 is 11.3 Å². The number of unbranched alkanes of at least 4 members (excludes halogenated alkanes) is 1. The molecule has 0 bridgehead atoms. The van der Waals surface area contributed by atoms with Crippen molar-refractivity contribution in [3.05, 3.63) is 57.8 Å². The lowest BCUT2D eigenvalue weighted by molar-refractivity contribution is -0.126. The summed E-state index contributed by atoms with van der Waals surface area (Å²) in [6.45, 7) is 3.47. The molecule has 3 amide bonds. The monoisotopic (exact) mass is 427 g/mol. The number of carbonyl (C=O) groups excluding carboxylic acids is 2. The van der Waals surface area contributed by atoms with Gasteiger partial charge in [0.05, 0.1) is 6.04 Å². The Balaban J connectivity index is 1.66. The highest BCUT2D eigenvalue weighted by Crippen LogP contribution is 2.28. The van der Waals surface area contributed by atoms with Crippen molar-refractivity contribution in [3.63, 3.8) is 0 Å². The van der Waals surface area contributed by atoms with Crippen LogP contribution in [0, 0.1) is 5.92 Å². The Kier molecular flexibility index (Phi) is 7.91. The van der Waals surface area contributed by atoms with Crippen LogP contribution in [-0.4, -0.2) is 48.9 Å². The molecule has 1 aromatic carbocycles. The first-order valence-electron chi connectivity index (χ1n) is 10.9. The molecular weight excluding hydrogens is 394 g/mol. The van der Waals surface area contributed by atoms with Crippen molar-refractivity contribution in [1.29, 1.82) is 0 Å². The fourth-order valence-electron chi connectivity index (χ4n) is 3.91. The van der Waals surface area contributed by atoms with Gasteiger partial charge < -0.3 is 15.1 Å². The van der Waals surface area contributed by atoms with E-state index in [-0.39, 0.29) is 23.9 Å². The lowest BCUT2D eigenvalue weighted by Crippen LogP contribution is -2.46. The summed E-state index contributed by atoms with van der Waals surface area (Å²) in [6, 6.07) is 12.7. The Labute approximate surface area is 184 Å². The summed E-state index contributed by atoms with van der Waals surface area (Å²) in [6.07, 6.45) is 4.89. The molecule has 1 saturated heterocycles. The van der Waals surface area contributed by atoms with E-state index in [2.05, 4.69) is 48.0 Å². The maximum Gasteiger partial charge on any atom is 0.319 e. The van der Waals surface area contributed by atoms with Gasteiger partial charge in [-0.3, -0.25) is 4.79 Å². The van der Waals surface area contributed by atoms with Gasteiger partial charge in [-0.1, -0.05) is 43.7 Å². The lowest BCUT2D eigenvalue weighted by Gasteiger charge is -2.33. The Morgan fingerprint density at radius 1 is 1.17 bits per heavy atom. The normalized spacial score (nSPS) is 15.6. The second-order valence-electron chi connectivity index (χ2n) is 8.24. The van der Waals surface area contributed by atoms with Gasteiger partial charge in [0, 0.05) is 38.0 Å². The maximum absolute atomic E-state index is 13.1. The van der Waals surface area contributed by atoms with Gasteiger partial charge in [-0.05, 0) is 48.3 Å². The smallest absolute Gasteiger partial charge is 0.319 e. The summed E-state index contributed by atoms with van der Waals surface area (Å²) in [5.74, 6) is 0.0305. The summed E-state index contributed by atoms with van der Waals surface area (Å²) in [5.41, 5.74) is 2.46. The van der Waals surface area contributed by atoms with Crippen LogP contribution in [0.2, 0.25) is 0 Å². The van der Waals surface area contributed by atoms with E-state index < -0.39 is 0 Å². The highest BCUT2D eigenvalue weighted by Gasteiger charge is 2.29. The van der Waals surface area contributed by atoms with Crippen LogP contribution in [0.1, 0.15) is 54.7 Å². The van der Waals surface area contributed by atoms with Crippen molar-refractivity contribution in [2.24, 2.45) is 5.92 Å². The first kappa shape index (κ1) is 22.3. The molecule has 1 fully saturated rings. The van der Waals surface area contributed by atoms with Gasteiger partial charge in [0.1, 0.15) is 0 Å². The van der Waals surface area contributed by atoms with Crippen molar-refractivity contribution < 1.29 is 9.59 Å². The zero-order valence-corrected chi connectivity index (χ0v) is 19.1. The Morgan fingerprint density at radius 3 is 2.43 bits per heavy atom. The van der Waals surface area contributed by atoms with Gasteiger partial charge in [0.2, 0.25) is 5.91 Å². The number of rotatable bonds is 7. The molecule has 0 aliphatic carbocycles. The van der Waals surface area contributed by atoms with Gasteiger partial charge in [0.25, 0.3) is 0 Å². The molecule has 0 saturated carbocycles. The number of likely N-dealkylation sites (tertiary alicyclic amines) is 1. The molecule has 1 aliphatic rings. The molecule has 1 atom stereocenters. The van der Waals surface area contributed by atoms with E-state index in [9.17, 15) is 9.59 Å². The second-order valence-corrected chi connectivity index (χ2v) is 9.22. The second kappa shape index (κ2) is 10.6. The summed E-state index contributed by atoms with van der Waals surface area (Å²) in [4.78, 5) is 29.8. The fourth-order valence-corrected chi connectivity index (χ4v) is 4.71. The Hall–Kier alpha value is -2.34. The number of carbonyl (C=O) groups is 2. The molecule has 30 heavy (non-hydrogen) atoms. The Bertz CT molecular complexity index is 809. The number of hydrogen-bond donors (Lipinski definition) is 1. The summed E-state index contributed by atoms with van der Waals surface area (Å²) < 4.78 is 0. The SMILES string of the molecule is CCCCc1ccc(C(NC(=O)C2CCN(C(=O)N(C)C)CC2)c2cccs2)cc1. The highest BCUT2D eigenvalue weighted by molar-refractivity contribution is 7.10. The van der Waals surface area contributed by atoms with Gasteiger partial charge in [0.15, 0.2) is 0 Å². The van der Waals surface area contributed by atoms with Crippen molar-refractivity contribution >= 4 is 23.3 Å². The topological polar surface area (TPSA) is 52.7 Å². The minimum absolute atomic E-state index is 0.0217. The molecule has 2 aromatic rings. The van der Waals surface area contributed by atoms with Crippen LogP contribution in [0.15, 0.2) is 41.8 Å². The molecule has 2 heterocycles. The fraction of sp³-hybridized carbons (Fsp3) is 0.500. The standard InChI is InChI=1S/C24H33N3O2S/c1-4-5-7-18-9-11-19(12-10-18)22(21-8-6-17-30-21)25-23(28)20-13-15-27(16-14-20)24(29)26(2)3/h6,8-12,17,20,22H,4-5,7,13-16H2,1-3H3,(H,25,28). The third-order valence-corrected chi connectivity index (χ3v) is 6.70. The minimum Gasteiger partial charge on any atom is -0.344 e. The van der Waals surface area contributed by atoms with Crippen LogP contribution in [0.5, 0.6) is 0 Å². The van der Waals surface area contributed by atoms with Crippen LogP contribution in [0.3, 0.4) is 0 Å². The number of piperidine rings is 1. The van der Waals surface area contributed by atoms with E-state index in [0.717, 1.165) is 16.9 Å². The van der Waals surface area contributed by atoms with Gasteiger partial charge in [-0.15, -0.1) is 11.3 Å². The molecule has 1 aliphatic heterocycles. The molecule has 3 rings (SSSR count). The number of benzene rings is 1. The molecule has 162 valence electrons. The van der Waals surface area contributed by atoms with Crippen molar-refractivity contribution in [2.45, 2.75) is 45.1 Å². The zero-order valence-electron chi connectivity index (χ0n) is 18.3. The number of thiophene rings is 1. The largest absolute Gasteiger partial charge is 0.344 e. The highest BCUT2D eigenvalue weighted by atomic mass is 32.1. The summed E-state index contributed by atoms with van der Waals surface area (Å²) in [5, 5.41) is 5.34. The predicted molar refractivity (Wildman–Crippen MR) is 123 cm³/mol. The minimum atomic E-state index is -0.126. The zero-order chi connectivity index (χ0) is 21.5. The number of aryl methyl sites for hydroxylation is 1. The maximum atomic E-state index is 13.1. The predicted octanol–water partition coefficient (Wildman–Crippen LogP) is 4.69. The quantitative estimate of drug-likeness (QED) is 0.697. The summed E-state index contributed by atoms with van der Waals surface area (Å²) >= 11 is 1.67. The molecule has 0 spiro atoms. The van der Waals surface area contributed by atoms with Crippen LogP contribution in [0.25, 0.3) is 0 Å². The molecule has 1 unspecified atom stereocenters. The molecular formula is C24H33N3O2S. The van der Waals surface area contributed by atoms with Crippen LogP contribution in [-0.2, 0) is 11.2 Å². The molecule has 5 nitrogen and oxygen atoms in total. The van der Waals surface area contributed by atoms with E-state index in [1.807, 2.05) is 11.0 Å². The van der Waals surface area contributed by atoms with E-state index in [1.54, 1.807) is 30.3 Å². The van der Waals surface area contributed by atoms with Crippen LogP contribution in [0.4, 0.5) is 4.79 Å². The van der Waals surface area contributed by atoms with Crippen molar-refractivity contribution in [3.8, 4) is 0 Å². The van der Waals surface area contributed by atoms with E-state index in [0.29, 0.717) is 25.9 Å². The third-order valence-electron chi connectivity index (χ3n) is 5.77. The number of hydrogen-bond acceptors (Lipinski definition) is 3. The van der Waals surface area contributed by atoms with E-state index in [1.165, 1.54) is 18.4 Å². The number of urea groups is 1. The average molecular weight is 428 g/mol. The summed E-state index contributed by atoms with van der Waals surface area (Å²) in [7, 11) is 3.53. The van der Waals surface area contributed by atoms with E-state index >= 15 is 0 Å². The van der Waals surface area contributed by atoms with Gasteiger partial charge in [-0.25, -0.2) is 4.79 Å². The number of nitrogens with one attached hydrogen (secondary N) is 1. The molecule has 0 radical (unpaired) electrons. The molecule has 1 N–H and O–H groups in total. The number of amides is 3. The molecule has 1 aromatic heterocycles. The van der Waals surface area contributed by atoms with Gasteiger partial charge >= 0.3 is 6.03 Å². The molecule has 6 heteroatoms. The lowest BCUT2D eigenvalue weighted by atomic mass is 9.94. The first-order valence-corrected chi connectivity index (χ1v) is 11.8. The average Bonchev–Trinajstić information content (AvgIpc) is 3.30. The van der Waals surface area contributed by atoms with Crippen molar-refractivity contribution in [2.75, 3.05) is 27.2 Å². The Morgan fingerprint density at radius 2 is 1.87 bits per heavy atom. The van der Waals surface area contributed by atoms with Crippen molar-refractivity contribution in [1.82, 2.24) is 15.1 Å². The number of nitrogens with zero attached hydrogens (tertiary/aromatic N) is 2. The van der Waals surface area contributed by atoms with Gasteiger partial charge in [-0.2, -0.15) is 0 Å². The van der Waals surface area contributed by atoms with Crippen LogP contribution < -0.4 is 5.32 Å². The first-order chi connectivity index (χ1) is 14.5. The van der Waals surface area contributed by atoms with E-state index in [4.69, 9.17) is 0 Å². The third kappa shape index (κ3) is 5.63.